The summed E-state index contributed by atoms with van der Waals surface area (Å²) in [5, 5.41) is 10.6. The van der Waals surface area contributed by atoms with Gasteiger partial charge < -0.3 is 23.5 Å². The van der Waals surface area contributed by atoms with Crippen molar-refractivity contribution in [3.63, 3.8) is 0 Å². The van der Waals surface area contributed by atoms with Crippen LogP contribution in [0.5, 0.6) is 0 Å². The van der Waals surface area contributed by atoms with E-state index >= 15 is 0 Å². The van der Waals surface area contributed by atoms with Crippen LogP contribution in [0.25, 0.3) is 22.4 Å². The van der Waals surface area contributed by atoms with E-state index in [1.165, 1.54) is 0 Å². The topological polar surface area (TPSA) is 117 Å². The zero-order chi connectivity index (χ0) is 38.3. The Bertz CT molecular complexity index is 2410. The standard InChI is InChI=1S/C45H34N2O7S/c1-29-22-24-31(25-23-29)37-26-35(30-14-6-2-7-15-30)36(27-46)42(55)47(37)41-40(54-45(50)34-20-12-5-13-21-34)39(53-44(49)33-18-10-4-11-19-33)38(52-41)28-51-43(48)32-16-8-3-9-17-32/h2-26,38-41H,28H2,1H3/t38-,39-,40-,41-/m1/s1. The summed E-state index contributed by atoms with van der Waals surface area (Å²) in [6.07, 6.45) is -5.06. The van der Waals surface area contributed by atoms with E-state index in [0.717, 1.165) is 16.7 Å². The number of carbonyl (C=O) groups is 3. The summed E-state index contributed by atoms with van der Waals surface area (Å²) < 4.78 is 26.6. The Balaban J connectivity index is 1.40. The highest BCUT2D eigenvalue weighted by atomic mass is 32.1. The summed E-state index contributed by atoms with van der Waals surface area (Å²) in [5.74, 6) is -2.06. The maximum atomic E-state index is 13.9. The number of benzene rings is 5. The third-order valence-electron chi connectivity index (χ3n) is 9.22. The molecule has 1 aliphatic heterocycles. The third kappa shape index (κ3) is 7.99. The van der Waals surface area contributed by atoms with E-state index in [1.807, 2.05) is 67.6 Å². The molecule has 10 heteroatoms. The van der Waals surface area contributed by atoms with Crippen molar-refractivity contribution in [2.24, 2.45) is 0 Å². The van der Waals surface area contributed by atoms with Crippen LogP contribution in [0.1, 0.15) is 48.4 Å². The first-order chi connectivity index (χ1) is 26.8. The Morgan fingerprint density at radius 3 is 1.69 bits per heavy atom. The van der Waals surface area contributed by atoms with E-state index in [2.05, 4.69) is 6.07 Å². The van der Waals surface area contributed by atoms with Crippen molar-refractivity contribution in [3.8, 4) is 28.5 Å². The van der Waals surface area contributed by atoms with Crippen LogP contribution in [-0.2, 0) is 18.9 Å². The van der Waals surface area contributed by atoms with Gasteiger partial charge in [0.05, 0.1) is 27.9 Å². The van der Waals surface area contributed by atoms with Gasteiger partial charge in [-0.05, 0) is 60.5 Å². The van der Waals surface area contributed by atoms with Crippen LogP contribution in [0.15, 0.2) is 152 Å². The number of rotatable bonds is 10. The van der Waals surface area contributed by atoms with E-state index < -0.39 is 42.4 Å². The summed E-state index contributed by atoms with van der Waals surface area (Å²) in [6, 6.07) is 46.4. The van der Waals surface area contributed by atoms with Gasteiger partial charge in [0.1, 0.15) is 23.4 Å². The van der Waals surface area contributed by atoms with Crippen LogP contribution < -0.4 is 0 Å². The molecule has 1 fully saturated rings. The summed E-state index contributed by atoms with van der Waals surface area (Å²) in [6.45, 7) is 1.59. The minimum absolute atomic E-state index is 0.0975. The van der Waals surface area contributed by atoms with E-state index in [4.69, 9.17) is 31.2 Å². The average Bonchev–Trinajstić information content (AvgIpc) is 3.56. The molecule has 55 heavy (non-hydrogen) atoms. The number of nitrogens with zero attached hydrogens (tertiary/aromatic N) is 2. The Morgan fingerprint density at radius 1 is 0.673 bits per heavy atom. The number of nitriles is 1. The number of hydrogen-bond donors (Lipinski definition) is 0. The molecule has 1 saturated heterocycles. The molecular formula is C45H34N2O7S. The van der Waals surface area contributed by atoms with Crippen molar-refractivity contribution in [1.82, 2.24) is 4.57 Å². The average molecular weight is 747 g/mol. The largest absolute Gasteiger partial charge is 0.459 e. The van der Waals surface area contributed by atoms with Gasteiger partial charge in [-0.25, -0.2) is 14.4 Å². The normalized spacial score (nSPS) is 17.5. The molecule has 0 bridgehead atoms. The Labute approximate surface area is 322 Å². The molecule has 0 unspecified atom stereocenters. The van der Waals surface area contributed by atoms with E-state index in [9.17, 15) is 19.6 Å². The lowest BCUT2D eigenvalue weighted by Crippen LogP contribution is -2.41. The molecule has 0 amide bonds. The highest BCUT2D eigenvalue weighted by molar-refractivity contribution is 7.71. The molecule has 0 saturated carbocycles. The van der Waals surface area contributed by atoms with E-state index in [1.54, 1.807) is 95.6 Å². The molecule has 9 nitrogen and oxygen atoms in total. The Kier molecular flexibility index (Phi) is 11.0. The van der Waals surface area contributed by atoms with E-state index in [0.29, 0.717) is 16.8 Å². The molecule has 0 aliphatic carbocycles. The van der Waals surface area contributed by atoms with Gasteiger partial charge in [0.25, 0.3) is 0 Å². The van der Waals surface area contributed by atoms with Gasteiger partial charge in [-0.3, -0.25) is 0 Å². The van der Waals surface area contributed by atoms with Crippen molar-refractivity contribution in [2.75, 3.05) is 6.61 Å². The molecule has 4 atom stereocenters. The molecule has 7 rings (SSSR count). The van der Waals surface area contributed by atoms with Crippen LogP contribution in [0.2, 0.25) is 0 Å². The maximum absolute atomic E-state index is 13.9. The predicted molar refractivity (Wildman–Crippen MR) is 208 cm³/mol. The monoisotopic (exact) mass is 746 g/mol. The fourth-order valence-corrected chi connectivity index (χ4v) is 6.80. The summed E-state index contributed by atoms with van der Waals surface area (Å²) >= 11 is 6.13. The number of ether oxygens (including phenoxy) is 4. The van der Waals surface area contributed by atoms with Crippen molar-refractivity contribution in [1.29, 1.82) is 5.26 Å². The second-order valence-corrected chi connectivity index (χ2v) is 13.2. The second kappa shape index (κ2) is 16.6. The first-order valence-corrected chi connectivity index (χ1v) is 17.9. The van der Waals surface area contributed by atoms with Crippen molar-refractivity contribution in [3.05, 3.63) is 184 Å². The van der Waals surface area contributed by atoms with Crippen LogP contribution in [0, 0.1) is 22.9 Å². The minimum atomic E-state index is -1.34. The van der Waals surface area contributed by atoms with Crippen LogP contribution in [0.3, 0.4) is 0 Å². The SMILES string of the molecule is Cc1ccc(-c2cc(-c3ccccc3)c(C#N)c(=S)n2[C@@H]2O[C@H](COC(=O)c3ccccc3)[C@@H](OC(=O)c3ccccc3)[C@H]2OC(=O)c2ccccc2)cc1. The molecule has 0 spiro atoms. The summed E-state index contributed by atoms with van der Waals surface area (Å²) in [7, 11) is 0. The minimum Gasteiger partial charge on any atom is -0.459 e. The number of esters is 3. The molecule has 1 aromatic heterocycles. The molecule has 0 radical (unpaired) electrons. The lowest BCUT2D eigenvalue weighted by atomic mass is 9.98. The zero-order valence-electron chi connectivity index (χ0n) is 29.6. The fourth-order valence-electron chi connectivity index (χ4n) is 6.44. The molecule has 6 aromatic rings. The predicted octanol–water partition coefficient (Wildman–Crippen LogP) is 8.94. The number of hydrogen-bond acceptors (Lipinski definition) is 9. The quantitative estimate of drug-likeness (QED) is 0.0770. The number of pyridine rings is 1. The second-order valence-electron chi connectivity index (χ2n) is 12.8. The fraction of sp³-hybridized carbons (Fsp3) is 0.133. The number of aromatic nitrogens is 1. The molecule has 0 N–H and O–H groups in total. The Hall–Kier alpha value is -6.67. The number of carbonyl (C=O) groups excluding carboxylic acids is 3. The summed E-state index contributed by atoms with van der Waals surface area (Å²) in [5.41, 5.74) is 4.64. The van der Waals surface area contributed by atoms with E-state index in [-0.39, 0.29) is 27.9 Å². The van der Waals surface area contributed by atoms with Crippen LogP contribution in [0.4, 0.5) is 0 Å². The lowest BCUT2D eigenvalue weighted by Gasteiger charge is -2.28. The van der Waals surface area contributed by atoms with Gasteiger partial charge in [-0.2, -0.15) is 5.26 Å². The molecule has 2 heterocycles. The van der Waals surface area contributed by atoms with Crippen molar-refractivity contribution >= 4 is 30.1 Å². The van der Waals surface area contributed by atoms with Crippen molar-refractivity contribution in [2.45, 2.75) is 31.5 Å². The van der Waals surface area contributed by atoms with Crippen LogP contribution in [-0.4, -0.2) is 47.4 Å². The van der Waals surface area contributed by atoms with Gasteiger partial charge in [0, 0.05) is 5.56 Å². The lowest BCUT2D eigenvalue weighted by molar-refractivity contribution is -0.0620. The van der Waals surface area contributed by atoms with Gasteiger partial charge in [0.15, 0.2) is 18.4 Å². The smallest absolute Gasteiger partial charge is 0.338 e. The maximum Gasteiger partial charge on any atom is 0.338 e. The van der Waals surface area contributed by atoms with Gasteiger partial charge >= 0.3 is 17.9 Å². The van der Waals surface area contributed by atoms with Gasteiger partial charge in [-0.15, -0.1) is 0 Å². The molecule has 272 valence electrons. The third-order valence-corrected chi connectivity index (χ3v) is 9.62. The molecular weight excluding hydrogens is 713 g/mol. The Morgan fingerprint density at radius 2 is 1.16 bits per heavy atom. The zero-order valence-corrected chi connectivity index (χ0v) is 30.4. The number of aryl methyl sites for hydroxylation is 1. The first kappa shape index (κ1) is 36.7. The molecule has 5 aromatic carbocycles. The molecule has 1 aliphatic rings. The highest BCUT2D eigenvalue weighted by Crippen LogP contribution is 2.41. The van der Waals surface area contributed by atoms with Crippen molar-refractivity contribution < 1.29 is 33.3 Å². The first-order valence-electron chi connectivity index (χ1n) is 17.5. The summed E-state index contributed by atoms with van der Waals surface area (Å²) in [4.78, 5) is 40.8. The van der Waals surface area contributed by atoms with Gasteiger partial charge in [-0.1, -0.05) is 127 Å². The van der Waals surface area contributed by atoms with Gasteiger partial charge in [0.2, 0.25) is 0 Å². The van der Waals surface area contributed by atoms with Crippen LogP contribution >= 0.6 is 12.2 Å². The highest BCUT2D eigenvalue weighted by Gasteiger charge is 2.52.